The average Bonchev–Trinajstić information content (AvgIpc) is 2.25. The average molecular weight is 222 g/mol. The summed E-state index contributed by atoms with van der Waals surface area (Å²) in [5.74, 6) is -0.838. The summed E-state index contributed by atoms with van der Waals surface area (Å²) in [6.45, 7) is -1.31. The number of halogens is 1. The molecule has 0 saturated carbocycles. The molecule has 1 saturated heterocycles. The Morgan fingerprint density at radius 2 is 2.13 bits per heavy atom. The van der Waals surface area contributed by atoms with Gasteiger partial charge in [0, 0.05) is 6.54 Å². The molecule has 0 spiro atoms. The highest BCUT2D eigenvalue weighted by atomic mass is 19.1. The third-order valence-electron chi connectivity index (χ3n) is 2.44. The SMILES string of the molecule is O=C(CF)NC1CNC(CO)C(O)C1O. The molecule has 1 fully saturated rings. The smallest absolute Gasteiger partial charge is 0.251 e. The van der Waals surface area contributed by atoms with Crippen molar-refractivity contribution >= 4 is 5.91 Å². The number of carbonyl (C=O) groups excluding carboxylic acids is 1. The molecule has 0 aliphatic carbocycles. The Kier molecular flexibility index (Phi) is 4.40. The van der Waals surface area contributed by atoms with E-state index in [2.05, 4.69) is 10.6 Å². The van der Waals surface area contributed by atoms with Gasteiger partial charge < -0.3 is 26.0 Å². The zero-order chi connectivity index (χ0) is 11.4. The molecule has 0 aromatic carbocycles. The summed E-state index contributed by atoms with van der Waals surface area (Å²) in [6.07, 6.45) is -2.40. The van der Waals surface area contributed by atoms with E-state index in [0.717, 1.165) is 0 Å². The molecule has 0 aromatic heterocycles. The van der Waals surface area contributed by atoms with Crippen molar-refractivity contribution in [3.8, 4) is 0 Å². The highest BCUT2D eigenvalue weighted by Gasteiger charge is 2.37. The van der Waals surface area contributed by atoms with Gasteiger partial charge in [-0.25, -0.2) is 4.39 Å². The molecular formula is C8H15FN2O4. The minimum Gasteiger partial charge on any atom is -0.395 e. The maximum atomic E-state index is 11.9. The second-order valence-electron chi connectivity index (χ2n) is 3.49. The Hall–Kier alpha value is -0.760. The quantitative estimate of drug-likeness (QED) is 0.353. The molecule has 1 aliphatic rings. The Labute approximate surface area is 86.1 Å². The van der Waals surface area contributed by atoms with E-state index in [9.17, 15) is 19.4 Å². The normalized spacial score (nSPS) is 36.3. The third kappa shape index (κ3) is 2.85. The van der Waals surface area contributed by atoms with Crippen LogP contribution in [0.25, 0.3) is 0 Å². The monoisotopic (exact) mass is 222 g/mol. The van der Waals surface area contributed by atoms with Crippen LogP contribution in [0.1, 0.15) is 0 Å². The van der Waals surface area contributed by atoms with Crippen LogP contribution in [0.2, 0.25) is 0 Å². The summed E-state index contributed by atoms with van der Waals surface area (Å²) in [6, 6.07) is -1.37. The molecule has 7 heteroatoms. The predicted molar refractivity (Wildman–Crippen MR) is 48.8 cm³/mol. The van der Waals surface area contributed by atoms with E-state index in [1.807, 2.05) is 0 Å². The van der Waals surface area contributed by atoms with Crippen LogP contribution >= 0.6 is 0 Å². The van der Waals surface area contributed by atoms with Gasteiger partial charge in [-0.05, 0) is 0 Å². The number of nitrogens with one attached hydrogen (secondary N) is 2. The topological polar surface area (TPSA) is 102 Å². The van der Waals surface area contributed by atoms with Gasteiger partial charge in [-0.3, -0.25) is 4.79 Å². The number of aliphatic hydroxyl groups excluding tert-OH is 3. The number of amides is 1. The van der Waals surface area contributed by atoms with Crippen molar-refractivity contribution in [3.05, 3.63) is 0 Å². The molecule has 0 aromatic rings. The van der Waals surface area contributed by atoms with Gasteiger partial charge >= 0.3 is 0 Å². The van der Waals surface area contributed by atoms with Crippen LogP contribution in [0.15, 0.2) is 0 Å². The fourth-order valence-corrected chi connectivity index (χ4v) is 1.55. The summed E-state index contributed by atoms with van der Waals surface area (Å²) < 4.78 is 11.9. The third-order valence-corrected chi connectivity index (χ3v) is 2.44. The Balaban J connectivity index is 2.52. The van der Waals surface area contributed by atoms with Gasteiger partial charge in [-0.15, -0.1) is 0 Å². The number of aliphatic hydroxyl groups is 3. The molecule has 1 rings (SSSR count). The van der Waals surface area contributed by atoms with Gasteiger partial charge in [-0.1, -0.05) is 0 Å². The number of alkyl halides is 1. The first kappa shape index (κ1) is 12.3. The lowest BCUT2D eigenvalue weighted by Crippen LogP contribution is -2.65. The van der Waals surface area contributed by atoms with Crippen molar-refractivity contribution in [3.63, 3.8) is 0 Å². The van der Waals surface area contributed by atoms with E-state index in [0.29, 0.717) is 0 Å². The molecule has 1 heterocycles. The fraction of sp³-hybridized carbons (Fsp3) is 0.875. The Bertz CT molecular complexity index is 229. The minimum atomic E-state index is -1.21. The van der Waals surface area contributed by atoms with Gasteiger partial charge in [0.15, 0.2) is 6.67 Å². The molecule has 6 nitrogen and oxygen atoms in total. The van der Waals surface area contributed by atoms with Gasteiger partial charge in [0.05, 0.1) is 24.8 Å². The van der Waals surface area contributed by atoms with Gasteiger partial charge in [-0.2, -0.15) is 0 Å². The molecule has 15 heavy (non-hydrogen) atoms. The minimum absolute atomic E-state index is 0.176. The lowest BCUT2D eigenvalue weighted by Gasteiger charge is -2.37. The summed E-state index contributed by atoms with van der Waals surface area (Å²) >= 11 is 0. The zero-order valence-electron chi connectivity index (χ0n) is 8.06. The summed E-state index contributed by atoms with van der Waals surface area (Å²) in [5, 5.41) is 32.8. The highest BCUT2D eigenvalue weighted by Crippen LogP contribution is 2.10. The predicted octanol–water partition coefficient (Wildman–Crippen LogP) is -2.87. The van der Waals surface area contributed by atoms with Crippen molar-refractivity contribution < 1.29 is 24.5 Å². The molecule has 1 amide bonds. The number of piperidine rings is 1. The molecule has 88 valence electrons. The van der Waals surface area contributed by atoms with Crippen LogP contribution in [0.3, 0.4) is 0 Å². The standard InChI is InChI=1S/C8H15FN2O4/c9-1-6(13)11-4-2-10-5(3-12)8(15)7(4)14/h4-5,7-8,10,12,14-15H,1-3H2,(H,11,13). The number of carbonyl (C=O) groups is 1. The van der Waals surface area contributed by atoms with E-state index in [4.69, 9.17) is 5.11 Å². The van der Waals surface area contributed by atoms with E-state index in [1.165, 1.54) is 0 Å². The molecule has 4 unspecified atom stereocenters. The van der Waals surface area contributed by atoms with E-state index < -0.39 is 36.9 Å². The van der Waals surface area contributed by atoms with Gasteiger partial charge in [0.2, 0.25) is 0 Å². The van der Waals surface area contributed by atoms with Crippen LogP contribution in [0, 0.1) is 0 Å². The molecule has 0 radical (unpaired) electrons. The van der Waals surface area contributed by atoms with Gasteiger partial charge in [0.1, 0.15) is 6.10 Å². The van der Waals surface area contributed by atoms with Crippen LogP contribution in [-0.4, -0.2) is 65.3 Å². The van der Waals surface area contributed by atoms with Crippen LogP contribution in [-0.2, 0) is 4.79 Å². The van der Waals surface area contributed by atoms with Gasteiger partial charge in [0.25, 0.3) is 5.91 Å². The zero-order valence-corrected chi connectivity index (χ0v) is 8.06. The van der Waals surface area contributed by atoms with Crippen molar-refractivity contribution in [2.45, 2.75) is 24.3 Å². The Morgan fingerprint density at radius 3 is 2.67 bits per heavy atom. The van der Waals surface area contributed by atoms with Crippen LogP contribution in [0.4, 0.5) is 4.39 Å². The lowest BCUT2D eigenvalue weighted by molar-refractivity contribution is -0.125. The summed E-state index contributed by atoms with van der Waals surface area (Å²) in [5.41, 5.74) is 0. The molecular weight excluding hydrogens is 207 g/mol. The Morgan fingerprint density at radius 1 is 1.47 bits per heavy atom. The van der Waals surface area contributed by atoms with E-state index in [1.54, 1.807) is 0 Å². The molecule has 0 bridgehead atoms. The molecule has 5 N–H and O–H groups in total. The number of hydrogen-bond donors (Lipinski definition) is 5. The maximum Gasteiger partial charge on any atom is 0.251 e. The molecule has 4 atom stereocenters. The summed E-state index contributed by atoms with van der Waals surface area (Å²) in [4.78, 5) is 10.7. The highest BCUT2D eigenvalue weighted by molar-refractivity contribution is 5.77. The van der Waals surface area contributed by atoms with Crippen LogP contribution < -0.4 is 10.6 Å². The van der Waals surface area contributed by atoms with Crippen LogP contribution in [0.5, 0.6) is 0 Å². The first-order valence-corrected chi connectivity index (χ1v) is 4.65. The largest absolute Gasteiger partial charge is 0.395 e. The molecule has 1 aliphatic heterocycles. The van der Waals surface area contributed by atoms with Crippen molar-refractivity contribution in [1.82, 2.24) is 10.6 Å². The fourth-order valence-electron chi connectivity index (χ4n) is 1.55. The van der Waals surface area contributed by atoms with E-state index in [-0.39, 0.29) is 13.2 Å². The maximum absolute atomic E-state index is 11.9. The van der Waals surface area contributed by atoms with Crippen molar-refractivity contribution in [2.75, 3.05) is 19.8 Å². The lowest BCUT2D eigenvalue weighted by atomic mass is 9.94. The van der Waals surface area contributed by atoms with Crippen molar-refractivity contribution in [1.29, 1.82) is 0 Å². The number of rotatable bonds is 3. The summed E-state index contributed by atoms with van der Waals surface area (Å²) in [7, 11) is 0. The van der Waals surface area contributed by atoms with E-state index >= 15 is 0 Å². The number of hydrogen-bond acceptors (Lipinski definition) is 5. The second-order valence-corrected chi connectivity index (χ2v) is 3.49. The first-order chi connectivity index (χ1) is 7.10. The van der Waals surface area contributed by atoms with Crippen molar-refractivity contribution in [2.24, 2.45) is 0 Å². The second kappa shape index (κ2) is 5.36. The first-order valence-electron chi connectivity index (χ1n) is 4.65.